The van der Waals surface area contributed by atoms with Crippen LogP contribution in [0, 0.1) is 5.92 Å². The number of hydrogen-bond acceptors (Lipinski definition) is 5. The van der Waals surface area contributed by atoms with Crippen molar-refractivity contribution in [3.63, 3.8) is 0 Å². The van der Waals surface area contributed by atoms with Crippen LogP contribution in [-0.4, -0.2) is 54.6 Å². The van der Waals surface area contributed by atoms with Crippen molar-refractivity contribution in [2.24, 2.45) is 5.92 Å². The Kier molecular flexibility index (Phi) is 5.23. The predicted molar refractivity (Wildman–Crippen MR) is 116 cm³/mol. The number of pyridine rings is 1. The number of carbonyl (C=O) groups is 1. The number of rotatable bonds is 4. The second-order valence-electron chi connectivity index (χ2n) is 8.75. The maximum absolute atomic E-state index is 13.3. The topological polar surface area (TPSA) is 79.8 Å². The fraction of sp³-hybridized carbons (Fsp3) is 0.524. The van der Waals surface area contributed by atoms with E-state index in [9.17, 15) is 13.2 Å². The van der Waals surface area contributed by atoms with Gasteiger partial charge in [-0.25, -0.2) is 8.42 Å². The highest BCUT2D eigenvalue weighted by atomic mass is 35.5. The third-order valence-corrected chi connectivity index (χ3v) is 7.86. The van der Waals surface area contributed by atoms with Gasteiger partial charge in [0.05, 0.1) is 36.4 Å². The smallest absolute Gasteiger partial charge is 0.255 e. The van der Waals surface area contributed by atoms with Crippen molar-refractivity contribution in [2.75, 3.05) is 24.2 Å². The van der Waals surface area contributed by atoms with Gasteiger partial charge < -0.3 is 4.74 Å². The molecule has 162 valence electrons. The van der Waals surface area contributed by atoms with Crippen molar-refractivity contribution in [3.05, 3.63) is 40.7 Å². The summed E-state index contributed by atoms with van der Waals surface area (Å²) in [6.07, 6.45) is 7.36. The van der Waals surface area contributed by atoms with Gasteiger partial charge in [-0.15, -0.1) is 0 Å². The lowest BCUT2D eigenvalue weighted by atomic mass is 9.85. The highest BCUT2D eigenvalue weighted by Crippen LogP contribution is 2.46. The number of carbonyl (C=O) groups excluding carboxylic acids is 1. The van der Waals surface area contributed by atoms with Crippen molar-refractivity contribution >= 4 is 33.2 Å². The molecule has 1 aliphatic carbocycles. The van der Waals surface area contributed by atoms with Gasteiger partial charge >= 0.3 is 0 Å². The van der Waals surface area contributed by atoms with Gasteiger partial charge in [-0.1, -0.05) is 18.5 Å². The molecule has 1 fully saturated rings. The summed E-state index contributed by atoms with van der Waals surface area (Å²) in [6, 6.07) is 1.79. The minimum absolute atomic E-state index is 0.0367. The van der Waals surface area contributed by atoms with E-state index in [-0.39, 0.29) is 17.9 Å². The molecular formula is C21H26ClN3O4S. The summed E-state index contributed by atoms with van der Waals surface area (Å²) in [5, 5.41) is 0.767. The van der Waals surface area contributed by atoms with Gasteiger partial charge in [-0.3, -0.25) is 14.7 Å². The summed E-state index contributed by atoms with van der Waals surface area (Å²) < 4.78 is 30.9. The normalized spacial score (nSPS) is 26.8. The molecule has 0 saturated carbocycles. The van der Waals surface area contributed by atoms with Gasteiger partial charge in [0.25, 0.3) is 5.91 Å². The quantitative estimate of drug-likeness (QED) is 0.702. The van der Waals surface area contributed by atoms with Gasteiger partial charge in [-0.2, -0.15) is 4.31 Å². The minimum atomic E-state index is -3.23. The molecule has 1 amide bonds. The Morgan fingerprint density at radius 2 is 2.03 bits per heavy atom. The Labute approximate surface area is 182 Å². The predicted octanol–water partition coefficient (Wildman–Crippen LogP) is 3.08. The fourth-order valence-corrected chi connectivity index (χ4v) is 5.52. The number of hydrogen-bond donors (Lipinski definition) is 0. The Bertz CT molecular complexity index is 1060. The Morgan fingerprint density at radius 3 is 2.70 bits per heavy atom. The van der Waals surface area contributed by atoms with Crippen LogP contribution in [-0.2, 0) is 14.8 Å². The monoisotopic (exact) mass is 451 g/mol. The average molecular weight is 452 g/mol. The highest BCUT2D eigenvalue weighted by Gasteiger charge is 2.47. The van der Waals surface area contributed by atoms with E-state index in [0.717, 1.165) is 16.2 Å². The number of ether oxygens (including phenoxy) is 1. The molecule has 4 rings (SSSR count). The van der Waals surface area contributed by atoms with Gasteiger partial charge in [-0.05, 0) is 44.3 Å². The van der Waals surface area contributed by atoms with Crippen LogP contribution < -0.4 is 9.64 Å². The maximum atomic E-state index is 13.3. The summed E-state index contributed by atoms with van der Waals surface area (Å²) in [5.74, 6) is 0.603. The SMILES string of the molecule is CC1CC2=C(C=C1Cl)C(C)(C)N(c1cncc(OC3CCN(S(C)(=O)=O)C3)c1)C2=O. The second kappa shape index (κ2) is 7.35. The Hall–Kier alpha value is -1.90. The molecule has 0 aromatic carbocycles. The van der Waals surface area contributed by atoms with Gasteiger partial charge in [0, 0.05) is 23.2 Å². The standard InChI is InChI=1S/C21H26ClN3O4S/c1-13-7-17-18(9-19(13)22)21(2,3)25(20(17)26)14-8-16(11-23-10-14)29-15-5-6-24(12-15)30(4,27)28/h8-11,13,15H,5-7,12H2,1-4H3. The van der Waals surface area contributed by atoms with Crippen LogP contribution in [0.3, 0.4) is 0 Å². The van der Waals surface area contributed by atoms with Crippen LogP contribution in [0.2, 0.25) is 0 Å². The molecule has 0 bridgehead atoms. The summed E-state index contributed by atoms with van der Waals surface area (Å²) in [6.45, 7) is 6.77. The van der Waals surface area contributed by atoms with Crippen LogP contribution in [0.25, 0.3) is 0 Å². The third-order valence-electron chi connectivity index (χ3n) is 6.10. The molecular weight excluding hydrogens is 426 g/mol. The van der Waals surface area contributed by atoms with Gasteiger partial charge in [0.1, 0.15) is 11.9 Å². The van der Waals surface area contributed by atoms with Crippen LogP contribution in [0.5, 0.6) is 5.75 Å². The van der Waals surface area contributed by atoms with Crippen LogP contribution >= 0.6 is 11.6 Å². The zero-order chi connectivity index (χ0) is 21.8. The molecule has 0 spiro atoms. The lowest BCUT2D eigenvalue weighted by Gasteiger charge is -2.34. The maximum Gasteiger partial charge on any atom is 0.255 e. The molecule has 1 saturated heterocycles. The first kappa shape index (κ1) is 21.3. The minimum Gasteiger partial charge on any atom is -0.487 e. The number of halogens is 1. The molecule has 1 aromatic heterocycles. The van der Waals surface area contributed by atoms with E-state index in [1.54, 1.807) is 23.4 Å². The third kappa shape index (κ3) is 3.65. The Balaban J connectivity index is 1.57. The van der Waals surface area contributed by atoms with E-state index < -0.39 is 15.6 Å². The molecule has 0 radical (unpaired) electrons. The first-order valence-electron chi connectivity index (χ1n) is 10.0. The van der Waals surface area contributed by atoms with Crippen LogP contribution in [0.15, 0.2) is 40.7 Å². The van der Waals surface area contributed by atoms with Crippen molar-refractivity contribution in [3.8, 4) is 5.75 Å². The molecule has 3 aliphatic rings. The van der Waals surface area contributed by atoms with Crippen molar-refractivity contribution in [2.45, 2.75) is 45.3 Å². The van der Waals surface area contributed by atoms with E-state index >= 15 is 0 Å². The molecule has 2 atom stereocenters. The first-order valence-corrected chi connectivity index (χ1v) is 12.2. The molecule has 9 heteroatoms. The molecule has 3 heterocycles. The fourth-order valence-electron chi connectivity index (χ4n) is 4.46. The summed E-state index contributed by atoms with van der Waals surface area (Å²) in [7, 11) is -3.23. The summed E-state index contributed by atoms with van der Waals surface area (Å²) in [4.78, 5) is 19.3. The van der Waals surface area contributed by atoms with E-state index in [2.05, 4.69) is 4.98 Å². The van der Waals surface area contributed by atoms with Gasteiger partial charge in [0.15, 0.2) is 0 Å². The van der Waals surface area contributed by atoms with E-state index in [0.29, 0.717) is 37.4 Å². The number of nitrogens with zero attached hydrogens (tertiary/aromatic N) is 3. The number of sulfonamides is 1. The molecule has 0 N–H and O–H groups in total. The van der Waals surface area contributed by atoms with E-state index in [1.165, 1.54) is 10.6 Å². The largest absolute Gasteiger partial charge is 0.487 e. The highest BCUT2D eigenvalue weighted by molar-refractivity contribution is 7.88. The van der Waals surface area contributed by atoms with Crippen molar-refractivity contribution in [1.82, 2.24) is 9.29 Å². The van der Waals surface area contributed by atoms with E-state index in [4.69, 9.17) is 16.3 Å². The Morgan fingerprint density at radius 1 is 1.30 bits per heavy atom. The molecule has 7 nitrogen and oxygen atoms in total. The molecule has 30 heavy (non-hydrogen) atoms. The number of amides is 1. The van der Waals surface area contributed by atoms with Crippen LogP contribution in [0.4, 0.5) is 5.69 Å². The van der Waals surface area contributed by atoms with Crippen LogP contribution in [0.1, 0.15) is 33.6 Å². The average Bonchev–Trinajstić information content (AvgIpc) is 3.18. The lowest BCUT2D eigenvalue weighted by molar-refractivity contribution is -0.115. The lowest BCUT2D eigenvalue weighted by Crippen LogP contribution is -2.43. The molecule has 1 aromatic rings. The first-order chi connectivity index (χ1) is 14.0. The van der Waals surface area contributed by atoms with Crippen molar-refractivity contribution < 1.29 is 17.9 Å². The summed E-state index contributed by atoms with van der Waals surface area (Å²) in [5.41, 5.74) is 1.82. The van der Waals surface area contributed by atoms with E-state index in [1.807, 2.05) is 26.8 Å². The number of anilines is 1. The molecule has 2 aliphatic heterocycles. The van der Waals surface area contributed by atoms with Gasteiger partial charge in [0.2, 0.25) is 10.0 Å². The molecule has 2 unspecified atom stereocenters. The van der Waals surface area contributed by atoms with Crippen molar-refractivity contribution in [1.29, 1.82) is 0 Å². The zero-order valence-corrected chi connectivity index (χ0v) is 19.1. The number of aromatic nitrogens is 1. The number of allylic oxidation sites excluding steroid dienone is 1. The zero-order valence-electron chi connectivity index (χ0n) is 17.6. The second-order valence-corrected chi connectivity index (χ2v) is 11.2. The summed E-state index contributed by atoms with van der Waals surface area (Å²) >= 11 is 6.38.